The second-order valence-electron chi connectivity index (χ2n) is 12.6. The largest absolute Gasteiger partial charge is 0.144 e. The minimum atomic E-state index is -17.1. The van der Waals surface area contributed by atoms with Gasteiger partial charge in [0.15, 0.2) is 0 Å². The normalized spacial score (nSPS) is 15.3. The Morgan fingerprint density at radius 2 is 0.361 bits per heavy atom. The molecule has 0 fully saturated rings. The van der Waals surface area contributed by atoms with E-state index in [1.807, 2.05) is 0 Å². The summed E-state index contributed by atoms with van der Waals surface area (Å²) in [5.41, 5.74) is 0. The van der Waals surface area contributed by atoms with Gasteiger partial charge in [0.2, 0.25) is 0 Å². The van der Waals surface area contributed by atoms with E-state index >= 15 is 0 Å². The van der Waals surface area contributed by atoms with Crippen molar-refractivity contribution in [2.75, 3.05) is 0 Å². The van der Waals surface area contributed by atoms with Crippen LogP contribution < -0.4 is 21.2 Å². The summed E-state index contributed by atoms with van der Waals surface area (Å²) < 4.78 is 278. The van der Waals surface area contributed by atoms with Crippen LogP contribution in [0.15, 0.2) is 121 Å². The van der Waals surface area contributed by atoms with Crippen LogP contribution in [-0.4, -0.2) is 67.6 Å². The topological polar surface area (TPSA) is 0 Å². The van der Waals surface area contributed by atoms with Gasteiger partial charge in [0.25, 0.3) is 0 Å². The molecule has 0 unspecified atom stereocenters. The molecular formula is C34H20F25PSn. The Hall–Kier alpha value is -3.64. The summed E-state index contributed by atoms with van der Waals surface area (Å²) in [5.74, 6) is 0. The molecule has 0 amide bonds. The average Bonchev–Trinajstić information content (AvgIpc) is 3.12. The van der Waals surface area contributed by atoms with E-state index in [2.05, 4.69) is 121 Å². The third-order valence-electron chi connectivity index (χ3n) is 9.49. The van der Waals surface area contributed by atoms with Crippen LogP contribution in [-0.2, 0) is 0 Å². The zero-order valence-corrected chi connectivity index (χ0v) is 32.7. The number of benzene rings is 4. The first kappa shape index (κ1) is 51.7. The molecule has 0 aliphatic carbocycles. The fourth-order valence-corrected chi connectivity index (χ4v) is 30.5. The summed E-state index contributed by atoms with van der Waals surface area (Å²) in [4.78, 5) is 0. The van der Waals surface area contributed by atoms with Gasteiger partial charge in [-0.3, -0.25) is 0 Å². The molecule has 0 radical (unpaired) electrons. The third-order valence-corrected chi connectivity index (χ3v) is 35.8. The monoisotopic (exact) mass is 1050 g/mol. The molecule has 27 heteroatoms. The van der Waals surface area contributed by atoms with Gasteiger partial charge >= 0.3 is 177 Å². The van der Waals surface area contributed by atoms with Crippen LogP contribution >= 0.6 is 7.26 Å². The van der Waals surface area contributed by atoms with E-state index in [1.165, 1.54) is 21.2 Å². The van der Waals surface area contributed by atoms with Gasteiger partial charge in [-0.05, 0) is 48.5 Å². The van der Waals surface area contributed by atoms with Crippen molar-refractivity contribution in [3.05, 3.63) is 121 Å². The van der Waals surface area contributed by atoms with Crippen molar-refractivity contribution in [3.63, 3.8) is 0 Å². The van der Waals surface area contributed by atoms with Crippen molar-refractivity contribution in [3.8, 4) is 0 Å². The maximum absolute atomic E-state index is 17.1. The molecule has 4 rings (SSSR count). The van der Waals surface area contributed by atoms with Gasteiger partial charge in [-0.2, -0.15) is 0 Å². The van der Waals surface area contributed by atoms with Gasteiger partial charge in [-0.15, -0.1) is 0 Å². The van der Waals surface area contributed by atoms with E-state index < -0.39 is 74.8 Å². The molecule has 0 aromatic heterocycles. The standard InChI is InChI=1S/C24H20P.5C2F5.Sn/c1-5-13-21(14-6-1)25(22-15-7-2-8-16-22,23-17-9-3-10-18-23)24-19-11-4-12-20-24;5*3-1(4)2(5,6)7;/h1-20H;;;;;;/q+1;;;;;;-1. The van der Waals surface area contributed by atoms with Gasteiger partial charge in [0, 0.05) is 0 Å². The molecular weight excluding hydrogens is 1030 g/mol. The van der Waals surface area contributed by atoms with Crippen LogP contribution in [0, 0.1) is 0 Å². The van der Waals surface area contributed by atoms with Crippen LogP contribution in [0.25, 0.3) is 0 Å². The molecule has 0 nitrogen and oxygen atoms in total. The Bertz CT molecular complexity index is 1740. The zero-order valence-electron chi connectivity index (χ0n) is 28.9. The van der Waals surface area contributed by atoms with Crippen molar-refractivity contribution in [1.29, 1.82) is 0 Å². The Morgan fingerprint density at radius 3 is 0.475 bits per heavy atom. The summed E-state index contributed by atoms with van der Waals surface area (Å²) in [6.07, 6.45) is -48.1. The van der Waals surface area contributed by atoms with Crippen LogP contribution in [0.3, 0.4) is 0 Å². The van der Waals surface area contributed by atoms with Crippen LogP contribution in [0.4, 0.5) is 110 Å². The summed E-state index contributed by atoms with van der Waals surface area (Å²) in [6.45, 7) is 0. The van der Waals surface area contributed by atoms with Crippen LogP contribution in [0.2, 0.25) is 0 Å². The van der Waals surface area contributed by atoms with Crippen molar-refractivity contribution < 1.29 is 110 Å². The predicted octanol–water partition coefficient (Wildman–Crippen LogP) is 12.4. The molecule has 4 aromatic carbocycles. The number of halogens is 25. The van der Waals surface area contributed by atoms with Crippen molar-refractivity contribution in [2.24, 2.45) is 0 Å². The molecule has 0 spiro atoms. The van der Waals surface area contributed by atoms with E-state index in [0.29, 0.717) is 0 Å². The first-order valence-electron chi connectivity index (χ1n) is 15.8. The van der Waals surface area contributed by atoms with Crippen molar-refractivity contribution >= 4 is 45.5 Å². The molecule has 0 N–H and O–H groups in total. The molecule has 0 heterocycles. The van der Waals surface area contributed by atoms with Gasteiger partial charge in [-0.1, -0.05) is 72.8 Å². The minimum Gasteiger partial charge on any atom is -0.0620 e. The second kappa shape index (κ2) is 15.9. The smallest absolute Gasteiger partial charge is 0.0620 e. The Labute approximate surface area is 326 Å². The van der Waals surface area contributed by atoms with Gasteiger partial charge in [-0.25, -0.2) is 0 Å². The summed E-state index contributed by atoms with van der Waals surface area (Å²) in [5, 5.41) is 5.55. The number of rotatable bonds is 9. The quantitative estimate of drug-likeness (QED) is 0.0890. The Kier molecular flexibility index (Phi) is 13.4. The van der Waals surface area contributed by atoms with Crippen molar-refractivity contribution in [2.45, 2.75) is 50.6 Å². The molecule has 61 heavy (non-hydrogen) atoms. The van der Waals surface area contributed by atoms with Gasteiger partial charge in [0.1, 0.15) is 28.5 Å². The molecule has 4 aromatic rings. The number of hydrogen-bond acceptors (Lipinski definition) is 0. The molecule has 340 valence electrons. The third kappa shape index (κ3) is 6.73. The molecule has 0 aliphatic rings. The zero-order chi connectivity index (χ0) is 47.4. The fourth-order valence-electron chi connectivity index (χ4n) is 6.89. The van der Waals surface area contributed by atoms with Gasteiger partial charge in [0.05, 0.1) is 0 Å². The predicted molar refractivity (Wildman–Crippen MR) is 172 cm³/mol. The van der Waals surface area contributed by atoms with E-state index in [0.717, 1.165) is 0 Å². The molecule has 0 saturated carbocycles. The van der Waals surface area contributed by atoms with Crippen LogP contribution in [0.5, 0.6) is 0 Å². The maximum atomic E-state index is 14.1. The molecule has 0 bridgehead atoms. The fraction of sp³-hybridized carbons (Fsp3) is 0.294. The summed E-state index contributed by atoms with van der Waals surface area (Å²) in [7, 11) is -1.91. The van der Waals surface area contributed by atoms with E-state index in [9.17, 15) is 110 Å². The maximum Gasteiger partial charge on any atom is 0.144 e. The summed E-state index contributed by atoms with van der Waals surface area (Å²) >= 11 is -17.1. The number of alkyl halides is 25. The minimum absolute atomic E-state index is 1.39. The first-order valence-corrected chi connectivity index (χ1v) is 24.7. The van der Waals surface area contributed by atoms with Crippen LogP contribution in [0.1, 0.15) is 0 Å². The second-order valence-corrected chi connectivity index (χ2v) is 32.1. The van der Waals surface area contributed by atoms with E-state index in [-0.39, 0.29) is 0 Å². The number of hydrogen-bond donors (Lipinski definition) is 0. The molecule has 0 saturated heterocycles. The summed E-state index contributed by atoms with van der Waals surface area (Å²) in [6, 6.07) is 43.8. The molecule has 0 aliphatic heterocycles. The SMILES string of the molecule is FC(F)(F)[C](F)(F)[Sn-]([C](F)(F)C(F)(F)F)([C](F)(F)C(F)(F)F)([C](F)(F)C(F)(F)F)[C](F)(F)C(F)(F)F.c1ccc([P+](c2ccccc2)(c2ccccc2)c2ccccc2)cc1. The Morgan fingerprint density at radius 1 is 0.230 bits per heavy atom. The molecule has 0 atom stereocenters. The Balaban J connectivity index is 0.000000343. The average molecular weight is 1050 g/mol. The first-order chi connectivity index (χ1) is 27.3. The van der Waals surface area contributed by atoms with E-state index in [1.54, 1.807) is 0 Å². The van der Waals surface area contributed by atoms with Gasteiger partial charge < -0.3 is 0 Å². The van der Waals surface area contributed by atoms with E-state index in [4.69, 9.17) is 0 Å². The van der Waals surface area contributed by atoms with Crippen molar-refractivity contribution in [1.82, 2.24) is 0 Å².